The average molecular weight is 215 g/mol. The number of hydrogen-bond acceptors (Lipinski definition) is 3. The van der Waals surface area contributed by atoms with Crippen LogP contribution in [0.5, 0.6) is 0 Å². The highest BCUT2D eigenvalue weighted by Gasteiger charge is 2.24. The molecule has 0 aromatic rings. The van der Waals surface area contributed by atoms with E-state index in [1.165, 1.54) is 32.2 Å². The number of thioether (sulfide) groups is 1. The van der Waals surface area contributed by atoms with E-state index in [9.17, 15) is 0 Å². The molecule has 2 aliphatic rings. The molecular weight excluding hydrogens is 194 g/mol. The molecule has 3 atom stereocenters. The van der Waals surface area contributed by atoms with Gasteiger partial charge < -0.3 is 10.1 Å². The monoisotopic (exact) mass is 215 g/mol. The highest BCUT2D eigenvalue weighted by molar-refractivity contribution is 7.99. The summed E-state index contributed by atoms with van der Waals surface area (Å²) in [6.45, 7) is 3.13. The Kier molecular flexibility index (Phi) is 4.14. The quantitative estimate of drug-likeness (QED) is 0.774. The van der Waals surface area contributed by atoms with Gasteiger partial charge in [0.25, 0.3) is 0 Å². The van der Waals surface area contributed by atoms with Crippen molar-refractivity contribution in [2.24, 2.45) is 5.92 Å². The molecule has 3 heteroatoms. The van der Waals surface area contributed by atoms with Crippen LogP contribution in [0, 0.1) is 5.92 Å². The second-order valence-electron chi connectivity index (χ2n) is 4.51. The van der Waals surface area contributed by atoms with Crippen LogP contribution in [-0.2, 0) is 4.74 Å². The fourth-order valence-corrected chi connectivity index (χ4v) is 3.21. The molecule has 0 spiro atoms. The molecule has 1 saturated carbocycles. The lowest BCUT2D eigenvalue weighted by Crippen LogP contribution is -2.31. The Morgan fingerprint density at radius 1 is 1.36 bits per heavy atom. The molecule has 0 aromatic carbocycles. The number of rotatable bonds is 4. The van der Waals surface area contributed by atoms with Gasteiger partial charge in [-0.05, 0) is 37.9 Å². The second kappa shape index (κ2) is 5.38. The van der Waals surface area contributed by atoms with Gasteiger partial charge in [0.1, 0.15) is 0 Å². The SMILES string of the molecule is CSC1CCC(NCC2CCOC2)C1. The van der Waals surface area contributed by atoms with Crippen molar-refractivity contribution in [2.45, 2.75) is 37.0 Å². The standard InChI is InChI=1S/C11H21NOS/c1-14-11-3-2-10(6-11)12-7-9-4-5-13-8-9/h9-12H,2-8H2,1H3. The molecule has 14 heavy (non-hydrogen) atoms. The van der Waals surface area contributed by atoms with Gasteiger partial charge in [-0.3, -0.25) is 0 Å². The highest BCUT2D eigenvalue weighted by Crippen LogP contribution is 2.28. The zero-order valence-electron chi connectivity index (χ0n) is 9.00. The Morgan fingerprint density at radius 3 is 2.93 bits per heavy atom. The summed E-state index contributed by atoms with van der Waals surface area (Å²) in [4.78, 5) is 0. The number of ether oxygens (including phenoxy) is 1. The van der Waals surface area contributed by atoms with Crippen LogP contribution in [0.2, 0.25) is 0 Å². The van der Waals surface area contributed by atoms with Crippen molar-refractivity contribution >= 4 is 11.8 Å². The Morgan fingerprint density at radius 2 is 2.29 bits per heavy atom. The van der Waals surface area contributed by atoms with E-state index in [-0.39, 0.29) is 0 Å². The van der Waals surface area contributed by atoms with Crippen molar-refractivity contribution in [3.63, 3.8) is 0 Å². The summed E-state index contributed by atoms with van der Waals surface area (Å²) in [5.41, 5.74) is 0. The first kappa shape index (κ1) is 10.8. The van der Waals surface area contributed by atoms with Crippen molar-refractivity contribution in [3.8, 4) is 0 Å². The minimum atomic E-state index is 0.781. The van der Waals surface area contributed by atoms with E-state index < -0.39 is 0 Å². The first-order valence-electron chi connectivity index (χ1n) is 5.72. The van der Waals surface area contributed by atoms with Gasteiger partial charge in [-0.15, -0.1) is 0 Å². The van der Waals surface area contributed by atoms with Crippen LogP contribution in [0.3, 0.4) is 0 Å². The summed E-state index contributed by atoms with van der Waals surface area (Å²) < 4.78 is 5.37. The van der Waals surface area contributed by atoms with Gasteiger partial charge in [-0.25, -0.2) is 0 Å². The lowest BCUT2D eigenvalue weighted by atomic mass is 10.1. The van der Waals surface area contributed by atoms with Crippen LogP contribution in [-0.4, -0.2) is 37.3 Å². The lowest BCUT2D eigenvalue weighted by molar-refractivity contribution is 0.184. The maximum absolute atomic E-state index is 5.37. The summed E-state index contributed by atoms with van der Waals surface area (Å²) >= 11 is 2.03. The molecule has 82 valence electrons. The predicted molar refractivity (Wildman–Crippen MR) is 61.9 cm³/mol. The molecule has 1 aliphatic heterocycles. The molecule has 0 radical (unpaired) electrons. The van der Waals surface area contributed by atoms with Gasteiger partial charge in [0.2, 0.25) is 0 Å². The van der Waals surface area contributed by atoms with Gasteiger partial charge >= 0.3 is 0 Å². The lowest BCUT2D eigenvalue weighted by Gasteiger charge is -2.15. The Bertz CT molecular complexity index is 171. The van der Waals surface area contributed by atoms with Crippen molar-refractivity contribution < 1.29 is 4.74 Å². The molecule has 0 bridgehead atoms. The maximum Gasteiger partial charge on any atom is 0.0507 e. The first-order valence-corrected chi connectivity index (χ1v) is 7.01. The van der Waals surface area contributed by atoms with Crippen LogP contribution in [0.4, 0.5) is 0 Å². The van der Waals surface area contributed by atoms with Gasteiger partial charge in [-0.1, -0.05) is 0 Å². The van der Waals surface area contributed by atoms with Crippen LogP contribution in [0.15, 0.2) is 0 Å². The van der Waals surface area contributed by atoms with Crippen molar-refractivity contribution in [1.29, 1.82) is 0 Å². The van der Waals surface area contributed by atoms with Gasteiger partial charge in [-0.2, -0.15) is 11.8 Å². The smallest absolute Gasteiger partial charge is 0.0507 e. The van der Waals surface area contributed by atoms with Crippen LogP contribution >= 0.6 is 11.8 Å². The average Bonchev–Trinajstić information content (AvgIpc) is 2.86. The molecule has 2 rings (SSSR count). The maximum atomic E-state index is 5.37. The molecule has 1 aliphatic carbocycles. The summed E-state index contributed by atoms with van der Waals surface area (Å²) in [5.74, 6) is 0.781. The molecule has 0 amide bonds. The van der Waals surface area contributed by atoms with E-state index in [0.717, 1.165) is 30.4 Å². The summed E-state index contributed by atoms with van der Waals surface area (Å²) in [5, 5.41) is 4.60. The zero-order chi connectivity index (χ0) is 9.80. The largest absolute Gasteiger partial charge is 0.381 e. The van der Waals surface area contributed by atoms with E-state index in [4.69, 9.17) is 4.74 Å². The van der Waals surface area contributed by atoms with Crippen LogP contribution in [0.1, 0.15) is 25.7 Å². The fraction of sp³-hybridized carbons (Fsp3) is 1.00. The Labute approximate surface area is 91.2 Å². The van der Waals surface area contributed by atoms with Crippen molar-refractivity contribution in [1.82, 2.24) is 5.32 Å². The van der Waals surface area contributed by atoms with Crippen LogP contribution in [0.25, 0.3) is 0 Å². The third kappa shape index (κ3) is 2.88. The van der Waals surface area contributed by atoms with Crippen molar-refractivity contribution in [3.05, 3.63) is 0 Å². The van der Waals surface area contributed by atoms with E-state index in [1.807, 2.05) is 11.8 Å². The molecule has 2 fully saturated rings. The zero-order valence-corrected chi connectivity index (χ0v) is 9.81. The molecule has 1 saturated heterocycles. The molecule has 1 N–H and O–H groups in total. The molecule has 2 nitrogen and oxygen atoms in total. The third-order valence-electron chi connectivity index (χ3n) is 3.44. The second-order valence-corrected chi connectivity index (χ2v) is 5.64. The predicted octanol–water partition coefficient (Wildman–Crippen LogP) is 1.90. The summed E-state index contributed by atoms with van der Waals surface area (Å²) in [7, 11) is 0. The molecule has 1 heterocycles. The Hall–Kier alpha value is 0.270. The van der Waals surface area contributed by atoms with Gasteiger partial charge in [0.15, 0.2) is 0 Å². The summed E-state index contributed by atoms with van der Waals surface area (Å²) in [6.07, 6.45) is 7.64. The summed E-state index contributed by atoms with van der Waals surface area (Å²) in [6, 6.07) is 0.785. The minimum absolute atomic E-state index is 0.781. The van der Waals surface area contributed by atoms with E-state index in [0.29, 0.717) is 0 Å². The van der Waals surface area contributed by atoms with Crippen molar-refractivity contribution in [2.75, 3.05) is 26.0 Å². The fourth-order valence-electron chi connectivity index (χ4n) is 2.42. The van der Waals surface area contributed by atoms with E-state index in [2.05, 4.69) is 11.6 Å². The van der Waals surface area contributed by atoms with Crippen LogP contribution < -0.4 is 5.32 Å². The number of hydrogen-bond donors (Lipinski definition) is 1. The Balaban J connectivity index is 1.61. The number of nitrogens with one attached hydrogen (secondary N) is 1. The molecular formula is C11H21NOS. The molecule has 0 aromatic heterocycles. The van der Waals surface area contributed by atoms with E-state index >= 15 is 0 Å². The topological polar surface area (TPSA) is 21.3 Å². The normalized spacial score (nSPS) is 37.9. The van der Waals surface area contributed by atoms with Gasteiger partial charge in [0.05, 0.1) is 6.61 Å². The molecule has 3 unspecified atom stereocenters. The van der Waals surface area contributed by atoms with Gasteiger partial charge in [0, 0.05) is 24.4 Å². The van der Waals surface area contributed by atoms with E-state index in [1.54, 1.807) is 0 Å². The third-order valence-corrected chi connectivity index (χ3v) is 4.53. The first-order chi connectivity index (χ1) is 6.88. The highest BCUT2D eigenvalue weighted by atomic mass is 32.2. The minimum Gasteiger partial charge on any atom is -0.381 e.